The van der Waals surface area contributed by atoms with E-state index < -0.39 is 0 Å². The molecule has 2 aliphatic rings. The first-order valence-electron chi connectivity index (χ1n) is 5.52. The van der Waals surface area contributed by atoms with Gasteiger partial charge in [-0.25, -0.2) is 0 Å². The summed E-state index contributed by atoms with van der Waals surface area (Å²) < 4.78 is 0. The van der Waals surface area contributed by atoms with E-state index in [4.69, 9.17) is 0 Å². The molecule has 17 heavy (non-hydrogen) atoms. The first kappa shape index (κ1) is 9.97. The molecule has 0 radical (unpaired) electrons. The second kappa shape index (κ2) is 3.67. The molecule has 0 fully saturated rings. The first-order chi connectivity index (χ1) is 8.25. The number of hydrogen-bond acceptors (Lipinski definition) is 2. The normalized spacial score (nSPS) is 14.6. The fourth-order valence-corrected chi connectivity index (χ4v) is 2.19. The van der Waals surface area contributed by atoms with Crippen molar-refractivity contribution in [3.05, 3.63) is 72.4 Å². The Labute approximate surface area is 97.6 Å². The third-order valence-corrected chi connectivity index (χ3v) is 3.06. The summed E-state index contributed by atoms with van der Waals surface area (Å²) in [6, 6.07) is 3.13. The van der Waals surface area contributed by atoms with Gasteiger partial charge in [0.2, 0.25) is 0 Å². The second-order valence-electron chi connectivity index (χ2n) is 4.15. The highest BCUT2D eigenvalue weighted by Crippen LogP contribution is 1.98. The van der Waals surface area contributed by atoms with Gasteiger partial charge in [0.25, 0.3) is 0 Å². The van der Waals surface area contributed by atoms with E-state index in [1.165, 1.54) is 0 Å². The molecule has 2 heteroatoms. The van der Waals surface area contributed by atoms with E-state index in [0.29, 0.717) is 22.4 Å². The maximum absolute atomic E-state index is 12.1. The maximum Gasteiger partial charge on any atom is 0.186 e. The van der Waals surface area contributed by atoms with Crippen molar-refractivity contribution in [2.24, 2.45) is 0 Å². The molecule has 2 nitrogen and oxygen atoms in total. The second-order valence-corrected chi connectivity index (χ2v) is 4.15. The molecule has 3 rings (SSSR count). The number of hydrogen-bond donors (Lipinski definition) is 0. The zero-order valence-corrected chi connectivity index (χ0v) is 9.14. The van der Waals surface area contributed by atoms with Crippen LogP contribution in [0.2, 0.25) is 0 Å². The molecular formula is C15H10O2. The van der Waals surface area contributed by atoms with Crippen molar-refractivity contribution in [1.82, 2.24) is 0 Å². The molecule has 0 heterocycles. The van der Waals surface area contributed by atoms with Crippen LogP contribution in [-0.4, -0.2) is 0 Å². The van der Waals surface area contributed by atoms with Gasteiger partial charge in [-0.15, -0.1) is 0 Å². The summed E-state index contributed by atoms with van der Waals surface area (Å²) in [5.74, 6) is 0. The molecule has 1 aromatic rings. The van der Waals surface area contributed by atoms with Crippen LogP contribution in [0.15, 0.2) is 39.9 Å². The largest absolute Gasteiger partial charge is 0.289 e. The van der Waals surface area contributed by atoms with E-state index in [1.807, 2.05) is 12.2 Å². The molecule has 0 amide bonds. The lowest BCUT2D eigenvalue weighted by Gasteiger charge is -1.99. The summed E-state index contributed by atoms with van der Waals surface area (Å²) in [4.78, 5) is 24.1. The Bertz CT molecular complexity index is 797. The van der Waals surface area contributed by atoms with E-state index >= 15 is 0 Å². The summed E-state index contributed by atoms with van der Waals surface area (Å²) in [5.41, 5.74) is 1.47. The van der Waals surface area contributed by atoms with Gasteiger partial charge in [-0.1, -0.05) is 36.5 Å². The zero-order chi connectivity index (χ0) is 11.8. The minimum absolute atomic E-state index is 0.0232. The summed E-state index contributed by atoms with van der Waals surface area (Å²) in [6.45, 7) is 0. The van der Waals surface area contributed by atoms with Crippen molar-refractivity contribution in [2.75, 3.05) is 0 Å². The Morgan fingerprint density at radius 3 is 2.53 bits per heavy atom. The Morgan fingerprint density at radius 2 is 1.65 bits per heavy atom. The molecule has 2 aliphatic carbocycles. The highest BCUT2D eigenvalue weighted by molar-refractivity contribution is 5.66. The highest BCUT2D eigenvalue weighted by Gasteiger charge is 2.04. The summed E-state index contributed by atoms with van der Waals surface area (Å²) >= 11 is 0. The third-order valence-electron chi connectivity index (χ3n) is 3.06. The van der Waals surface area contributed by atoms with Crippen molar-refractivity contribution >= 4 is 18.2 Å². The Kier molecular flexibility index (Phi) is 2.15. The van der Waals surface area contributed by atoms with Crippen LogP contribution in [0.1, 0.15) is 11.1 Å². The van der Waals surface area contributed by atoms with Crippen LogP contribution in [0, 0.1) is 0 Å². The van der Waals surface area contributed by atoms with E-state index in [9.17, 15) is 9.59 Å². The van der Waals surface area contributed by atoms with Crippen LogP contribution in [0.25, 0.3) is 18.2 Å². The monoisotopic (exact) mass is 222 g/mol. The van der Waals surface area contributed by atoms with E-state index in [0.717, 1.165) is 5.56 Å². The van der Waals surface area contributed by atoms with Crippen LogP contribution in [-0.2, 0) is 6.42 Å². The zero-order valence-electron chi connectivity index (χ0n) is 9.14. The molecule has 0 atom stereocenters. The predicted octanol–water partition coefficient (Wildman–Crippen LogP) is 0.107. The van der Waals surface area contributed by atoms with Crippen LogP contribution in [0.4, 0.5) is 0 Å². The minimum Gasteiger partial charge on any atom is -0.289 e. The van der Waals surface area contributed by atoms with Gasteiger partial charge < -0.3 is 0 Å². The number of allylic oxidation sites excluding steroid dienone is 3. The van der Waals surface area contributed by atoms with Crippen LogP contribution in [0.3, 0.4) is 0 Å². The van der Waals surface area contributed by atoms with E-state index in [-0.39, 0.29) is 10.9 Å². The average Bonchev–Trinajstić information content (AvgIpc) is 2.76. The average molecular weight is 222 g/mol. The van der Waals surface area contributed by atoms with Gasteiger partial charge in [-0.2, -0.15) is 0 Å². The van der Waals surface area contributed by atoms with Gasteiger partial charge in [0, 0.05) is 10.4 Å². The summed E-state index contributed by atoms with van der Waals surface area (Å²) in [5, 5.41) is 1.24. The topological polar surface area (TPSA) is 34.1 Å². The molecule has 0 aliphatic heterocycles. The molecule has 0 bridgehead atoms. The van der Waals surface area contributed by atoms with E-state index in [1.54, 1.807) is 36.4 Å². The third kappa shape index (κ3) is 1.58. The van der Waals surface area contributed by atoms with Gasteiger partial charge in [0.05, 0.1) is 0 Å². The fraction of sp³-hybridized carbons (Fsp3) is 0.0667. The van der Waals surface area contributed by atoms with Crippen LogP contribution in [0.5, 0.6) is 0 Å². The van der Waals surface area contributed by atoms with Crippen molar-refractivity contribution in [3.63, 3.8) is 0 Å². The molecule has 1 aromatic carbocycles. The smallest absolute Gasteiger partial charge is 0.186 e. The fourth-order valence-electron chi connectivity index (χ4n) is 2.19. The van der Waals surface area contributed by atoms with Crippen molar-refractivity contribution in [3.8, 4) is 0 Å². The van der Waals surface area contributed by atoms with Gasteiger partial charge >= 0.3 is 0 Å². The van der Waals surface area contributed by atoms with E-state index in [2.05, 4.69) is 0 Å². The SMILES string of the molecule is O=c1cc2c(c(=O)cc3c1=CC=C3)=CC=CC2. The molecule has 0 aromatic heterocycles. The molecule has 0 N–H and O–H groups in total. The Balaban J connectivity index is 2.58. The maximum atomic E-state index is 12.1. The lowest BCUT2D eigenvalue weighted by atomic mass is 10.0. The summed E-state index contributed by atoms with van der Waals surface area (Å²) in [7, 11) is 0. The van der Waals surface area contributed by atoms with Crippen LogP contribution >= 0.6 is 0 Å². The van der Waals surface area contributed by atoms with Crippen molar-refractivity contribution in [1.29, 1.82) is 0 Å². The lowest BCUT2D eigenvalue weighted by Crippen LogP contribution is -2.33. The minimum atomic E-state index is -0.0273. The van der Waals surface area contributed by atoms with Gasteiger partial charge in [-0.05, 0) is 29.7 Å². The van der Waals surface area contributed by atoms with Crippen molar-refractivity contribution in [2.45, 2.75) is 6.42 Å². The Morgan fingerprint density at radius 1 is 0.882 bits per heavy atom. The highest BCUT2D eigenvalue weighted by atomic mass is 16.1. The first-order valence-corrected chi connectivity index (χ1v) is 5.52. The number of fused-ring (bicyclic) bond motifs is 2. The van der Waals surface area contributed by atoms with Crippen LogP contribution < -0.4 is 21.3 Å². The molecule has 82 valence electrons. The Hall–Kier alpha value is -2.22. The summed E-state index contributed by atoms with van der Waals surface area (Å²) in [6.07, 6.45) is 11.6. The molecule has 0 saturated heterocycles. The molecular weight excluding hydrogens is 212 g/mol. The number of rotatable bonds is 0. The standard InChI is InChI=1S/C15H10O2/c16-14-9-11-5-3-7-13(11)15(17)8-10-4-1-2-6-12(10)14/h1-3,5-9H,4H2. The van der Waals surface area contributed by atoms with Gasteiger partial charge in [-0.3, -0.25) is 9.59 Å². The van der Waals surface area contributed by atoms with Gasteiger partial charge in [0.1, 0.15) is 0 Å². The molecule has 0 spiro atoms. The lowest BCUT2D eigenvalue weighted by molar-refractivity contribution is 1.20. The van der Waals surface area contributed by atoms with Gasteiger partial charge in [0.15, 0.2) is 10.9 Å². The van der Waals surface area contributed by atoms with Crippen molar-refractivity contribution < 1.29 is 0 Å². The quantitative estimate of drug-likeness (QED) is 0.624. The molecule has 0 saturated carbocycles. The molecule has 0 unspecified atom stereocenters. The predicted molar refractivity (Wildman–Crippen MR) is 69.0 cm³/mol.